The quantitative estimate of drug-likeness (QED) is 0.765. The second-order valence-electron chi connectivity index (χ2n) is 5.59. The highest BCUT2D eigenvalue weighted by atomic mass is 32.1. The molecule has 0 saturated carbocycles. The molecule has 1 heterocycles. The fourth-order valence-corrected chi connectivity index (χ4v) is 3.32. The van der Waals surface area contributed by atoms with E-state index in [9.17, 15) is 0 Å². The van der Waals surface area contributed by atoms with Gasteiger partial charge in [-0.05, 0) is 37.4 Å². The largest absolute Gasteiger partial charge is 0.310 e. The van der Waals surface area contributed by atoms with Gasteiger partial charge in [0.2, 0.25) is 0 Å². The average molecular weight is 302 g/mol. The van der Waals surface area contributed by atoms with Crippen LogP contribution in [0.1, 0.15) is 54.6 Å². The third kappa shape index (κ3) is 4.94. The Kier molecular flexibility index (Phi) is 6.40. The van der Waals surface area contributed by atoms with E-state index in [0.717, 1.165) is 25.1 Å². The van der Waals surface area contributed by atoms with Crippen molar-refractivity contribution in [2.24, 2.45) is 0 Å². The molecule has 1 aromatic heterocycles. The van der Waals surface area contributed by atoms with E-state index in [1.807, 2.05) is 0 Å². The van der Waals surface area contributed by atoms with E-state index in [1.54, 1.807) is 11.3 Å². The first-order valence-electron chi connectivity index (χ1n) is 7.96. The van der Waals surface area contributed by atoms with E-state index in [4.69, 9.17) is 0 Å². The molecule has 0 aliphatic rings. The van der Waals surface area contributed by atoms with Gasteiger partial charge in [-0.2, -0.15) is 0 Å². The number of hydrogen-bond donors (Lipinski definition) is 1. The fraction of sp³-hybridized carbons (Fsp3) is 0.500. The summed E-state index contributed by atoms with van der Waals surface area (Å²) in [5.41, 5.74) is 3.93. The van der Waals surface area contributed by atoms with Crippen LogP contribution in [0.15, 0.2) is 29.6 Å². The van der Waals surface area contributed by atoms with Crippen molar-refractivity contribution in [3.05, 3.63) is 51.5 Å². The molecule has 2 rings (SSSR count). The molecule has 1 atom stereocenters. The first-order chi connectivity index (χ1) is 10.2. The van der Waals surface area contributed by atoms with E-state index in [1.165, 1.54) is 29.0 Å². The topological polar surface area (TPSA) is 24.9 Å². The predicted molar refractivity (Wildman–Crippen MR) is 92.0 cm³/mol. The summed E-state index contributed by atoms with van der Waals surface area (Å²) in [4.78, 5) is 4.61. The van der Waals surface area contributed by atoms with Gasteiger partial charge < -0.3 is 5.32 Å². The Hall–Kier alpha value is -1.19. The number of hydrogen-bond acceptors (Lipinski definition) is 3. The van der Waals surface area contributed by atoms with Crippen LogP contribution in [0.4, 0.5) is 0 Å². The minimum absolute atomic E-state index is 0.367. The monoisotopic (exact) mass is 302 g/mol. The van der Waals surface area contributed by atoms with Gasteiger partial charge in [0.15, 0.2) is 0 Å². The third-order valence-electron chi connectivity index (χ3n) is 3.61. The molecule has 0 aliphatic heterocycles. The number of benzene rings is 1. The van der Waals surface area contributed by atoms with Crippen LogP contribution in [0, 0.1) is 6.92 Å². The Morgan fingerprint density at radius 1 is 1.14 bits per heavy atom. The Bertz CT molecular complexity index is 530. The number of rotatable bonds is 8. The number of aryl methyl sites for hydroxylation is 2. The van der Waals surface area contributed by atoms with Crippen molar-refractivity contribution in [2.75, 3.05) is 6.54 Å². The zero-order valence-corrected chi connectivity index (χ0v) is 14.2. The van der Waals surface area contributed by atoms with E-state index in [2.05, 4.69) is 60.7 Å². The lowest BCUT2D eigenvalue weighted by atomic mass is 10.0. The summed E-state index contributed by atoms with van der Waals surface area (Å²) >= 11 is 1.77. The van der Waals surface area contributed by atoms with Crippen molar-refractivity contribution in [1.82, 2.24) is 10.3 Å². The summed E-state index contributed by atoms with van der Waals surface area (Å²) in [6, 6.07) is 9.46. The van der Waals surface area contributed by atoms with Gasteiger partial charge in [0.25, 0.3) is 0 Å². The molecule has 21 heavy (non-hydrogen) atoms. The van der Waals surface area contributed by atoms with Crippen LogP contribution >= 0.6 is 11.3 Å². The van der Waals surface area contributed by atoms with Gasteiger partial charge in [0.05, 0.1) is 5.01 Å². The number of nitrogens with zero attached hydrogens (tertiary/aromatic N) is 1. The Morgan fingerprint density at radius 3 is 2.48 bits per heavy atom. The summed E-state index contributed by atoms with van der Waals surface area (Å²) in [5.74, 6) is 0. The van der Waals surface area contributed by atoms with Crippen LogP contribution in [-0.4, -0.2) is 11.5 Å². The molecule has 0 bridgehead atoms. The van der Waals surface area contributed by atoms with Crippen LogP contribution in [0.25, 0.3) is 0 Å². The first kappa shape index (κ1) is 16.2. The summed E-state index contributed by atoms with van der Waals surface area (Å²) in [7, 11) is 0. The molecule has 1 unspecified atom stereocenters. The maximum atomic E-state index is 4.61. The molecule has 114 valence electrons. The zero-order chi connectivity index (χ0) is 15.1. The molecular formula is C18H26N2S. The Morgan fingerprint density at radius 2 is 1.90 bits per heavy atom. The molecule has 0 amide bonds. The van der Waals surface area contributed by atoms with Crippen molar-refractivity contribution in [3.8, 4) is 0 Å². The van der Waals surface area contributed by atoms with Gasteiger partial charge in [-0.3, -0.25) is 0 Å². The van der Waals surface area contributed by atoms with Crippen LogP contribution in [0.2, 0.25) is 0 Å². The molecule has 0 fully saturated rings. The van der Waals surface area contributed by atoms with Crippen LogP contribution in [-0.2, 0) is 12.8 Å². The number of thiazole rings is 1. The van der Waals surface area contributed by atoms with Gasteiger partial charge in [-0.25, -0.2) is 4.98 Å². The third-order valence-corrected chi connectivity index (χ3v) is 4.60. The molecule has 2 aromatic rings. The number of aromatic nitrogens is 1. The minimum Gasteiger partial charge on any atom is -0.310 e. The maximum absolute atomic E-state index is 4.61. The lowest BCUT2D eigenvalue weighted by molar-refractivity contribution is 0.528. The van der Waals surface area contributed by atoms with Gasteiger partial charge >= 0.3 is 0 Å². The fourth-order valence-electron chi connectivity index (χ4n) is 2.50. The lowest BCUT2D eigenvalue weighted by Gasteiger charge is -2.18. The lowest BCUT2D eigenvalue weighted by Crippen LogP contribution is -2.24. The summed E-state index contributed by atoms with van der Waals surface area (Å²) in [6.45, 7) is 7.55. The molecule has 3 heteroatoms. The van der Waals surface area contributed by atoms with Crippen LogP contribution in [0.3, 0.4) is 0 Å². The number of nitrogens with one attached hydrogen (secondary N) is 1. The molecular weight excluding hydrogens is 276 g/mol. The van der Waals surface area contributed by atoms with Crippen molar-refractivity contribution >= 4 is 11.3 Å². The average Bonchev–Trinajstić information content (AvgIpc) is 2.90. The highest BCUT2D eigenvalue weighted by molar-refractivity contribution is 7.09. The summed E-state index contributed by atoms with van der Waals surface area (Å²) in [6.07, 6.45) is 4.50. The van der Waals surface area contributed by atoms with Crippen molar-refractivity contribution in [3.63, 3.8) is 0 Å². The second-order valence-corrected chi connectivity index (χ2v) is 6.53. The molecule has 0 saturated heterocycles. The van der Waals surface area contributed by atoms with Crippen LogP contribution < -0.4 is 5.32 Å². The SMILES string of the molecule is CCCNC(Cc1nc(C)cs1)c1ccc(CCC)cc1. The van der Waals surface area contributed by atoms with Gasteiger partial charge in [-0.1, -0.05) is 44.5 Å². The second kappa shape index (κ2) is 8.30. The van der Waals surface area contributed by atoms with Gasteiger partial charge in [-0.15, -0.1) is 11.3 Å². The van der Waals surface area contributed by atoms with E-state index < -0.39 is 0 Å². The van der Waals surface area contributed by atoms with Crippen molar-refractivity contribution in [1.29, 1.82) is 0 Å². The molecule has 2 nitrogen and oxygen atoms in total. The minimum atomic E-state index is 0.367. The molecule has 0 radical (unpaired) electrons. The maximum Gasteiger partial charge on any atom is 0.0947 e. The molecule has 1 N–H and O–H groups in total. The van der Waals surface area contributed by atoms with Crippen molar-refractivity contribution < 1.29 is 0 Å². The van der Waals surface area contributed by atoms with E-state index >= 15 is 0 Å². The summed E-state index contributed by atoms with van der Waals surface area (Å²) in [5, 5.41) is 7.02. The highest BCUT2D eigenvalue weighted by Crippen LogP contribution is 2.21. The molecule has 0 spiro atoms. The first-order valence-corrected chi connectivity index (χ1v) is 8.84. The smallest absolute Gasteiger partial charge is 0.0947 e. The van der Waals surface area contributed by atoms with E-state index in [0.29, 0.717) is 6.04 Å². The standard InChI is InChI=1S/C18H26N2S/c1-4-6-15-7-9-16(10-8-15)17(19-11-5-2)12-18-20-14(3)13-21-18/h7-10,13,17,19H,4-6,11-12H2,1-3H3. The Balaban J connectivity index is 2.10. The molecule has 0 aliphatic carbocycles. The zero-order valence-electron chi connectivity index (χ0n) is 13.4. The van der Waals surface area contributed by atoms with Gasteiger partial charge in [0.1, 0.15) is 0 Å². The summed E-state index contributed by atoms with van der Waals surface area (Å²) < 4.78 is 0. The normalized spacial score (nSPS) is 12.5. The van der Waals surface area contributed by atoms with Crippen molar-refractivity contribution in [2.45, 2.75) is 52.5 Å². The Labute approximate surface area is 132 Å². The molecule has 1 aromatic carbocycles. The highest BCUT2D eigenvalue weighted by Gasteiger charge is 2.13. The van der Waals surface area contributed by atoms with Crippen LogP contribution in [0.5, 0.6) is 0 Å². The predicted octanol–water partition coefficient (Wildman–Crippen LogP) is 4.69. The van der Waals surface area contributed by atoms with E-state index in [-0.39, 0.29) is 0 Å². The van der Waals surface area contributed by atoms with Gasteiger partial charge in [0, 0.05) is 23.5 Å².